The van der Waals surface area contributed by atoms with Crippen molar-refractivity contribution in [2.24, 2.45) is 5.92 Å². The molecule has 0 heterocycles. The Hall–Kier alpha value is 0.799. The maximum atomic E-state index is 2.42. The van der Waals surface area contributed by atoms with Crippen LogP contribution in [0.1, 0.15) is 91.9 Å². The molecule has 0 aromatic carbocycles. The Morgan fingerprint density at radius 1 is 0.750 bits per heavy atom. The molecule has 0 nitrogen and oxygen atoms in total. The molecule has 1 rings (SSSR count). The van der Waals surface area contributed by atoms with Gasteiger partial charge in [0.25, 0.3) is 0 Å². The molecule has 0 radical (unpaired) electrons. The third-order valence-electron chi connectivity index (χ3n) is 6.07. The molecule has 0 bridgehead atoms. The monoisotopic (exact) mass is 388 g/mol. The van der Waals surface area contributed by atoms with Crippen molar-refractivity contribution in [1.29, 1.82) is 0 Å². The van der Waals surface area contributed by atoms with Crippen molar-refractivity contribution in [2.75, 3.05) is 0 Å². The number of unbranched alkanes of at least 4 members (excludes halogenated alkanes) is 3. The Labute approximate surface area is 133 Å². The molecule has 0 aromatic rings. The predicted octanol–water partition coefficient (Wildman–Crippen LogP) is 7.42. The molecule has 1 saturated carbocycles. The molecule has 120 valence electrons. The van der Waals surface area contributed by atoms with E-state index in [4.69, 9.17) is 0 Å². The van der Waals surface area contributed by atoms with Crippen molar-refractivity contribution in [1.82, 2.24) is 0 Å². The second-order valence-electron chi connectivity index (χ2n) is 7.46. The molecule has 1 fully saturated rings. The molecule has 1 aliphatic rings. The average molecular weight is 387 g/mol. The second kappa shape index (κ2) is 10.5. The Kier molecular flexibility index (Phi) is 9.91. The van der Waals surface area contributed by atoms with E-state index < -0.39 is 18.4 Å². The molecular weight excluding hydrogens is 347 g/mol. The van der Waals surface area contributed by atoms with Gasteiger partial charge in [-0.3, -0.25) is 0 Å². The normalized spacial score (nSPS) is 23.4. The van der Waals surface area contributed by atoms with Crippen LogP contribution in [0.25, 0.3) is 0 Å². The van der Waals surface area contributed by atoms with E-state index in [-0.39, 0.29) is 0 Å². The molecule has 1 heteroatoms. The average Bonchev–Trinajstić information content (AvgIpc) is 2.96. The van der Waals surface area contributed by atoms with Crippen LogP contribution in [0.2, 0.25) is 17.2 Å². The van der Waals surface area contributed by atoms with Gasteiger partial charge >= 0.3 is 133 Å². The number of hydrogen-bond acceptors (Lipinski definition) is 0. The summed E-state index contributed by atoms with van der Waals surface area (Å²) in [7, 11) is 0. The van der Waals surface area contributed by atoms with Crippen molar-refractivity contribution >= 4 is 18.4 Å². The molecule has 0 amide bonds. The first-order valence-electron chi connectivity index (χ1n) is 9.72. The van der Waals surface area contributed by atoms with Gasteiger partial charge in [0.05, 0.1) is 0 Å². The van der Waals surface area contributed by atoms with Crippen LogP contribution >= 0.6 is 0 Å². The molecule has 2 atom stereocenters. The van der Waals surface area contributed by atoms with E-state index in [0.717, 1.165) is 5.92 Å². The van der Waals surface area contributed by atoms with Crippen LogP contribution in [0.15, 0.2) is 0 Å². The van der Waals surface area contributed by atoms with Crippen LogP contribution in [0.4, 0.5) is 0 Å². The first-order chi connectivity index (χ1) is 9.72. The van der Waals surface area contributed by atoms with E-state index in [2.05, 4.69) is 27.7 Å². The summed E-state index contributed by atoms with van der Waals surface area (Å²) >= 11 is -1.85. The van der Waals surface area contributed by atoms with Gasteiger partial charge in [-0.25, -0.2) is 0 Å². The van der Waals surface area contributed by atoms with E-state index >= 15 is 0 Å². The van der Waals surface area contributed by atoms with Gasteiger partial charge in [-0.1, -0.05) is 0 Å². The molecular formula is C19H40Sn. The topological polar surface area (TPSA) is 0 Å². The molecule has 20 heavy (non-hydrogen) atoms. The van der Waals surface area contributed by atoms with Crippen LogP contribution in [0.5, 0.6) is 0 Å². The Balaban J connectivity index is 2.76. The third-order valence-corrected chi connectivity index (χ3v) is 24.1. The zero-order valence-electron chi connectivity index (χ0n) is 14.8. The van der Waals surface area contributed by atoms with E-state index in [0.29, 0.717) is 0 Å². The van der Waals surface area contributed by atoms with Gasteiger partial charge in [0, 0.05) is 0 Å². The summed E-state index contributed by atoms with van der Waals surface area (Å²) in [4.78, 5) is 0. The third kappa shape index (κ3) is 5.54. The SMILES string of the molecule is CCC[CH2][Sn]([CH2]CCC)([CH2]CCC)[CH]1CCC(CC)C1. The standard InChI is InChI=1S/C7H13.3C4H9.Sn/c1-2-7-5-3-4-6-7;3*1-3-4-2;/h3,7H,2,4-6H2,1H3;3*1,3-4H2,2H3;. The summed E-state index contributed by atoms with van der Waals surface area (Å²) in [6, 6.07) is 0. The Morgan fingerprint density at radius 3 is 1.60 bits per heavy atom. The Bertz CT molecular complexity index is 214. The number of rotatable bonds is 11. The van der Waals surface area contributed by atoms with Crippen molar-refractivity contribution in [3.63, 3.8) is 0 Å². The predicted molar refractivity (Wildman–Crippen MR) is 96.3 cm³/mol. The van der Waals surface area contributed by atoms with Crippen LogP contribution in [-0.2, 0) is 0 Å². The van der Waals surface area contributed by atoms with Crippen molar-refractivity contribution in [3.05, 3.63) is 0 Å². The zero-order valence-corrected chi connectivity index (χ0v) is 17.7. The van der Waals surface area contributed by atoms with Crippen LogP contribution < -0.4 is 0 Å². The van der Waals surface area contributed by atoms with E-state index in [9.17, 15) is 0 Å². The quantitative estimate of drug-likeness (QED) is 0.324. The summed E-state index contributed by atoms with van der Waals surface area (Å²) in [6.45, 7) is 9.63. The van der Waals surface area contributed by atoms with Crippen LogP contribution in [0, 0.1) is 5.92 Å². The molecule has 0 aliphatic heterocycles. The van der Waals surface area contributed by atoms with E-state index in [1.54, 1.807) is 51.8 Å². The summed E-state index contributed by atoms with van der Waals surface area (Å²) < 4.78 is 6.45. The van der Waals surface area contributed by atoms with Crippen molar-refractivity contribution in [3.8, 4) is 0 Å². The van der Waals surface area contributed by atoms with Gasteiger partial charge in [-0.15, -0.1) is 0 Å². The molecule has 0 spiro atoms. The van der Waals surface area contributed by atoms with Gasteiger partial charge < -0.3 is 0 Å². The summed E-state index contributed by atoms with van der Waals surface area (Å²) in [5, 5.41) is 0. The van der Waals surface area contributed by atoms with Crippen LogP contribution in [-0.4, -0.2) is 18.4 Å². The number of hydrogen-bond donors (Lipinski definition) is 0. The molecule has 0 N–H and O–H groups in total. The van der Waals surface area contributed by atoms with Gasteiger partial charge in [0.1, 0.15) is 0 Å². The fraction of sp³-hybridized carbons (Fsp3) is 1.00. The summed E-state index contributed by atoms with van der Waals surface area (Å²) in [5.74, 6) is 1.10. The molecule has 2 unspecified atom stereocenters. The summed E-state index contributed by atoms with van der Waals surface area (Å²) in [5.41, 5.74) is 0. The zero-order chi connectivity index (χ0) is 14.8. The maximum absolute atomic E-state index is 2.42. The Morgan fingerprint density at radius 2 is 1.25 bits per heavy atom. The van der Waals surface area contributed by atoms with Gasteiger partial charge in [-0.05, 0) is 0 Å². The molecule has 1 aliphatic carbocycles. The first kappa shape index (κ1) is 18.8. The van der Waals surface area contributed by atoms with E-state index in [1.165, 1.54) is 29.6 Å². The van der Waals surface area contributed by atoms with E-state index in [1.807, 2.05) is 0 Å². The second-order valence-corrected chi connectivity index (χ2v) is 21.8. The minimum atomic E-state index is -1.85. The molecule has 0 aromatic heterocycles. The minimum absolute atomic E-state index is 1.10. The summed E-state index contributed by atoms with van der Waals surface area (Å²) in [6.07, 6.45) is 15.3. The van der Waals surface area contributed by atoms with Gasteiger partial charge in [0.15, 0.2) is 0 Å². The first-order valence-corrected chi connectivity index (χ1v) is 17.4. The van der Waals surface area contributed by atoms with Gasteiger partial charge in [-0.2, -0.15) is 0 Å². The molecule has 0 saturated heterocycles. The van der Waals surface area contributed by atoms with Crippen molar-refractivity contribution in [2.45, 2.75) is 109 Å². The fourth-order valence-electron chi connectivity index (χ4n) is 4.58. The van der Waals surface area contributed by atoms with Crippen LogP contribution in [0.3, 0.4) is 0 Å². The van der Waals surface area contributed by atoms with Gasteiger partial charge in [0.2, 0.25) is 0 Å². The van der Waals surface area contributed by atoms with Crippen molar-refractivity contribution < 1.29 is 0 Å². The fourth-order valence-corrected chi connectivity index (χ4v) is 23.9.